The molecule has 2 aromatic rings. The fourth-order valence-electron chi connectivity index (χ4n) is 3.85. The van der Waals surface area contributed by atoms with Crippen molar-refractivity contribution in [3.63, 3.8) is 0 Å². The fourth-order valence-corrected chi connectivity index (χ4v) is 4.73. The summed E-state index contributed by atoms with van der Waals surface area (Å²) < 4.78 is 0. The van der Waals surface area contributed by atoms with Crippen LogP contribution in [0.1, 0.15) is 25.8 Å². The maximum atomic E-state index is 4.41. The molecule has 3 N–H and O–H groups in total. The highest BCUT2D eigenvalue weighted by Crippen LogP contribution is 2.42. The van der Waals surface area contributed by atoms with E-state index in [1.807, 2.05) is 7.05 Å². The average molecular weight is 424 g/mol. The molecule has 7 nitrogen and oxygen atoms in total. The molecule has 0 amide bonds. The van der Waals surface area contributed by atoms with Crippen LogP contribution in [0.2, 0.25) is 0 Å². The van der Waals surface area contributed by atoms with Gasteiger partial charge < -0.3 is 20.9 Å². The Morgan fingerprint density at radius 3 is 2.97 bits per heavy atom. The Morgan fingerprint density at radius 2 is 2.17 bits per heavy atom. The summed E-state index contributed by atoms with van der Waals surface area (Å²) in [7, 11) is 4.13. The smallest absolute Gasteiger partial charge is 0.163 e. The second-order valence-electron chi connectivity index (χ2n) is 7.49. The van der Waals surface area contributed by atoms with Crippen molar-refractivity contribution in [2.75, 3.05) is 26.1 Å². The van der Waals surface area contributed by atoms with Gasteiger partial charge in [-0.1, -0.05) is 30.8 Å². The highest BCUT2D eigenvalue weighted by molar-refractivity contribution is 7.99. The maximum absolute atomic E-state index is 4.41. The lowest BCUT2D eigenvalue weighted by Gasteiger charge is -2.25. The van der Waals surface area contributed by atoms with Gasteiger partial charge in [-0.2, -0.15) is 0 Å². The Bertz CT molecular complexity index is 972. The van der Waals surface area contributed by atoms with Crippen LogP contribution in [0, 0.1) is 0 Å². The van der Waals surface area contributed by atoms with Crippen LogP contribution in [0.5, 0.6) is 0 Å². The van der Waals surface area contributed by atoms with Crippen LogP contribution >= 0.6 is 11.8 Å². The molecule has 8 heteroatoms. The fraction of sp³-hybridized carbons (Fsp3) is 0.364. The van der Waals surface area contributed by atoms with Gasteiger partial charge in [0.05, 0.1) is 18.1 Å². The molecule has 1 unspecified atom stereocenters. The highest BCUT2D eigenvalue weighted by atomic mass is 32.2. The lowest BCUT2D eigenvalue weighted by atomic mass is 10.1. The summed E-state index contributed by atoms with van der Waals surface area (Å²) in [5.41, 5.74) is 4.81. The highest BCUT2D eigenvalue weighted by Gasteiger charge is 2.34. The number of fused-ring (bicyclic) bond motifs is 2. The van der Waals surface area contributed by atoms with Crippen LogP contribution in [0.25, 0.3) is 0 Å². The number of anilines is 2. The molecule has 2 aliphatic heterocycles. The molecule has 1 fully saturated rings. The van der Waals surface area contributed by atoms with Crippen molar-refractivity contribution in [3.05, 3.63) is 59.8 Å². The molecule has 3 heterocycles. The quantitative estimate of drug-likeness (QED) is 0.555. The molecule has 0 saturated carbocycles. The summed E-state index contributed by atoms with van der Waals surface area (Å²) in [5, 5.41) is 11.3. The summed E-state index contributed by atoms with van der Waals surface area (Å²) in [6, 6.07) is 6.61. The molecule has 158 valence electrons. The SMILES string of the molecule is CC/C=C/NC1/C(=C(\C)NC)N(C)CN1Cc1ccc2c(c1)Nc1nccnc1S2. The average Bonchev–Trinajstić information content (AvgIpc) is 3.06. The van der Waals surface area contributed by atoms with E-state index in [0.717, 1.165) is 36.2 Å². The summed E-state index contributed by atoms with van der Waals surface area (Å²) in [6.07, 6.45) is 8.81. The van der Waals surface area contributed by atoms with E-state index < -0.39 is 0 Å². The first kappa shape index (κ1) is 20.6. The lowest BCUT2D eigenvalue weighted by molar-refractivity contribution is 0.214. The summed E-state index contributed by atoms with van der Waals surface area (Å²) in [6.45, 7) is 5.98. The van der Waals surface area contributed by atoms with Crippen LogP contribution in [0.4, 0.5) is 11.5 Å². The second kappa shape index (κ2) is 8.97. The monoisotopic (exact) mass is 423 g/mol. The third kappa shape index (κ3) is 4.11. The molecular weight excluding hydrogens is 394 g/mol. The Hall–Kier alpha value is -2.71. The van der Waals surface area contributed by atoms with Gasteiger partial charge in [-0.25, -0.2) is 9.97 Å². The van der Waals surface area contributed by atoms with Gasteiger partial charge in [0.1, 0.15) is 11.2 Å². The normalized spacial score (nSPS) is 20.0. The predicted octanol–water partition coefficient (Wildman–Crippen LogP) is 3.68. The van der Waals surface area contributed by atoms with E-state index in [1.165, 1.54) is 21.9 Å². The standard InChI is InChI=1S/C22H29N7S/c1-5-6-9-25-21-19(15(2)23-3)28(4)14-29(21)13-16-7-8-18-17(12-16)27-20-22(30-18)26-11-10-24-20/h6-12,21,23,25H,5,13-14H2,1-4H3,(H,24,27)/b9-6+,19-15-. The molecule has 1 aromatic heterocycles. The molecule has 0 radical (unpaired) electrons. The summed E-state index contributed by atoms with van der Waals surface area (Å²) >= 11 is 1.66. The minimum absolute atomic E-state index is 0.121. The Balaban J connectivity index is 1.56. The lowest BCUT2D eigenvalue weighted by Crippen LogP contribution is -2.39. The molecular formula is C22H29N7S. The topological polar surface area (TPSA) is 68.3 Å². The van der Waals surface area contributed by atoms with E-state index in [0.29, 0.717) is 0 Å². The summed E-state index contributed by atoms with van der Waals surface area (Å²) in [4.78, 5) is 14.8. The van der Waals surface area contributed by atoms with Crippen molar-refractivity contribution in [1.82, 2.24) is 30.4 Å². The van der Waals surface area contributed by atoms with Crippen LogP contribution in [0.15, 0.2) is 64.2 Å². The van der Waals surface area contributed by atoms with Gasteiger partial charge in [-0.3, -0.25) is 4.90 Å². The zero-order valence-electron chi connectivity index (χ0n) is 17.9. The van der Waals surface area contributed by atoms with Crippen LogP contribution < -0.4 is 16.0 Å². The molecule has 2 aliphatic rings. The van der Waals surface area contributed by atoms with Crippen molar-refractivity contribution < 1.29 is 0 Å². The van der Waals surface area contributed by atoms with E-state index >= 15 is 0 Å². The third-order valence-electron chi connectivity index (χ3n) is 5.35. The van der Waals surface area contributed by atoms with Crippen molar-refractivity contribution >= 4 is 23.3 Å². The Labute approximate surface area is 182 Å². The molecule has 1 atom stereocenters. The van der Waals surface area contributed by atoms with Gasteiger partial charge in [0.25, 0.3) is 0 Å². The zero-order chi connectivity index (χ0) is 21.1. The van der Waals surface area contributed by atoms with Gasteiger partial charge >= 0.3 is 0 Å². The van der Waals surface area contributed by atoms with E-state index in [-0.39, 0.29) is 6.17 Å². The predicted molar refractivity (Wildman–Crippen MR) is 122 cm³/mol. The van der Waals surface area contributed by atoms with Gasteiger partial charge in [-0.15, -0.1) is 0 Å². The van der Waals surface area contributed by atoms with Crippen LogP contribution in [-0.2, 0) is 6.54 Å². The number of hydrogen-bond acceptors (Lipinski definition) is 8. The number of benzene rings is 1. The van der Waals surface area contributed by atoms with E-state index in [2.05, 4.69) is 87.1 Å². The summed E-state index contributed by atoms with van der Waals surface area (Å²) in [5.74, 6) is 0.826. The van der Waals surface area contributed by atoms with E-state index in [1.54, 1.807) is 24.2 Å². The maximum Gasteiger partial charge on any atom is 0.163 e. The number of allylic oxidation sites excluding steroid dienone is 2. The minimum Gasteiger partial charge on any atom is -0.390 e. The van der Waals surface area contributed by atoms with E-state index in [9.17, 15) is 0 Å². The van der Waals surface area contributed by atoms with Crippen molar-refractivity contribution in [1.29, 1.82) is 0 Å². The Morgan fingerprint density at radius 1 is 1.33 bits per heavy atom. The Kier molecular flexibility index (Phi) is 6.15. The number of hydrogen-bond donors (Lipinski definition) is 3. The van der Waals surface area contributed by atoms with Gasteiger partial charge in [0, 0.05) is 43.6 Å². The largest absolute Gasteiger partial charge is 0.390 e. The second-order valence-corrected chi connectivity index (χ2v) is 8.52. The minimum atomic E-state index is 0.121. The van der Waals surface area contributed by atoms with Crippen LogP contribution in [-0.4, -0.2) is 46.7 Å². The number of nitrogens with one attached hydrogen (secondary N) is 3. The van der Waals surface area contributed by atoms with E-state index in [4.69, 9.17) is 0 Å². The van der Waals surface area contributed by atoms with Crippen molar-refractivity contribution in [2.24, 2.45) is 0 Å². The van der Waals surface area contributed by atoms with Crippen molar-refractivity contribution in [2.45, 2.75) is 42.9 Å². The zero-order valence-corrected chi connectivity index (χ0v) is 18.8. The number of likely N-dealkylation sites (N-methyl/N-ethyl adjacent to an activating group) is 1. The third-order valence-corrected chi connectivity index (χ3v) is 6.42. The molecule has 0 bridgehead atoms. The molecule has 30 heavy (non-hydrogen) atoms. The van der Waals surface area contributed by atoms with Gasteiger partial charge in [-0.05, 0) is 37.2 Å². The number of rotatable bonds is 6. The number of nitrogens with zero attached hydrogens (tertiary/aromatic N) is 4. The molecule has 0 spiro atoms. The molecule has 1 saturated heterocycles. The molecule has 4 rings (SSSR count). The molecule has 0 aliphatic carbocycles. The first-order chi connectivity index (χ1) is 14.6. The van der Waals surface area contributed by atoms with Gasteiger partial charge in [0.2, 0.25) is 0 Å². The van der Waals surface area contributed by atoms with Crippen molar-refractivity contribution in [3.8, 4) is 0 Å². The van der Waals surface area contributed by atoms with Crippen LogP contribution in [0.3, 0.4) is 0 Å². The first-order valence-corrected chi connectivity index (χ1v) is 11.1. The van der Waals surface area contributed by atoms with Gasteiger partial charge in [0.15, 0.2) is 5.82 Å². The number of aromatic nitrogens is 2. The molecule has 1 aromatic carbocycles. The first-order valence-electron chi connectivity index (χ1n) is 10.2.